The van der Waals surface area contributed by atoms with Gasteiger partial charge in [-0.05, 0) is 35.7 Å². The van der Waals surface area contributed by atoms with Crippen LogP contribution in [0.5, 0.6) is 5.75 Å². The molecule has 0 heterocycles. The van der Waals surface area contributed by atoms with Crippen LogP contribution < -0.4 is 4.74 Å². The van der Waals surface area contributed by atoms with Gasteiger partial charge in [0.15, 0.2) is 0 Å². The zero-order chi connectivity index (χ0) is 13.8. The number of hydrogen-bond donors (Lipinski definition) is 0. The molecule has 0 atom stereocenters. The Bertz CT molecular complexity index is 529. The zero-order valence-corrected chi connectivity index (χ0v) is 11.7. The molecular formula is C16H16ClFO. The lowest BCUT2D eigenvalue weighted by atomic mass is 10.0. The van der Waals surface area contributed by atoms with Gasteiger partial charge in [-0.1, -0.05) is 43.6 Å². The molecule has 0 aliphatic heterocycles. The molecule has 0 bridgehead atoms. The van der Waals surface area contributed by atoms with Crippen LogP contribution in [0.15, 0.2) is 42.5 Å². The van der Waals surface area contributed by atoms with Gasteiger partial charge in [0.1, 0.15) is 18.2 Å². The second-order valence-electron chi connectivity index (χ2n) is 4.71. The van der Waals surface area contributed by atoms with Crippen molar-refractivity contribution in [3.05, 3.63) is 64.4 Å². The summed E-state index contributed by atoms with van der Waals surface area (Å²) < 4.78 is 19.1. The van der Waals surface area contributed by atoms with E-state index in [4.69, 9.17) is 16.3 Å². The normalized spacial score (nSPS) is 10.8. The van der Waals surface area contributed by atoms with E-state index in [9.17, 15) is 4.39 Å². The van der Waals surface area contributed by atoms with Crippen LogP contribution in [0.2, 0.25) is 5.02 Å². The maximum absolute atomic E-state index is 13.6. The van der Waals surface area contributed by atoms with Gasteiger partial charge in [0, 0.05) is 5.56 Å². The van der Waals surface area contributed by atoms with Gasteiger partial charge in [-0.15, -0.1) is 0 Å². The van der Waals surface area contributed by atoms with Crippen molar-refractivity contribution in [3.8, 4) is 5.75 Å². The van der Waals surface area contributed by atoms with E-state index in [2.05, 4.69) is 13.8 Å². The first-order valence-corrected chi connectivity index (χ1v) is 6.61. The highest BCUT2D eigenvalue weighted by molar-refractivity contribution is 6.31. The summed E-state index contributed by atoms with van der Waals surface area (Å²) in [5, 5.41) is 0.388. The summed E-state index contributed by atoms with van der Waals surface area (Å²) in [7, 11) is 0. The first-order valence-electron chi connectivity index (χ1n) is 6.23. The standard InChI is InChI=1S/C16H16ClFO/c1-11(2)12-6-8-13(9-7-12)19-10-14-15(17)4-3-5-16(14)18/h3-9,11H,10H2,1-2H3. The summed E-state index contributed by atoms with van der Waals surface area (Å²) >= 11 is 5.94. The van der Waals surface area contributed by atoms with Crippen molar-refractivity contribution >= 4 is 11.6 Å². The zero-order valence-electron chi connectivity index (χ0n) is 11.0. The molecule has 100 valence electrons. The molecule has 0 aromatic heterocycles. The molecule has 2 aromatic rings. The molecule has 2 aromatic carbocycles. The average molecular weight is 279 g/mol. The minimum Gasteiger partial charge on any atom is -0.489 e. The molecule has 1 nitrogen and oxygen atoms in total. The van der Waals surface area contributed by atoms with Gasteiger partial charge in [-0.2, -0.15) is 0 Å². The highest BCUT2D eigenvalue weighted by atomic mass is 35.5. The van der Waals surface area contributed by atoms with E-state index >= 15 is 0 Å². The lowest BCUT2D eigenvalue weighted by Gasteiger charge is -2.10. The lowest BCUT2D eigenvalue weighted by Crippen LogP contribution is -1.99. The lowest BCUT2D eigenvalue weighted by molar-refractivity contribution is 0.300. The minimum atomic E-state index is -0.341. The van der Waals surface area contributed by atoms with Gasteiger partial charge in [0.25, 0.3) is 0 Å². The molecular weight excluding hydrogens is 263 g/mol. The molecule has 0 aliphatic carbocycles. The van der Waals surface area contributed by atoms with Crippen LogP contribution >= 0.6 is 11.6 Å². The van der Waals surface area contributed by atoms with Crippen molar-refractivity contribution in [2.45, 2.75) is 26.4 Å². The smallest absolute Gasteiger partial charge is 0.131 e. The molecule has 0 aliphatic rings. The van der Waals surface area contributed by atoms with Gasteiger partial charge in [-0.25, -0.2) is 4.39 Å². The molecule has 0 N–H and O–H groups in total. The molecule has 0 saturated carbocycles. The maximum Gasteiger partial charge on any atom is 0.131 e. The molecule has 0 fully saturated rings. The third-order valence-corrected chi connectivity index (χ3v) is 3.35. The Morgan fingerprint density at radius 1 is 1.11 bits per heavy atom. The van der Waals surface area contributed by atoms with Crippen LogP contribution in [0, 0.1) is 5.82 Å². The van der Waals surface area contributed by atoms with E-state index in [1.165, 1.54) is 11.6 Å². The van der Waals surface area contributed by atoms with E-state index < -0.39 is 0 Å². The second-order valence-corrected chi connectivity index (χ2v) is 5.12. The summed E-state index contributed by atoms with van der Waals surface area (Å²) in [4.78, 5) is 0. The van der Waals surface area contributed by atoms with Gasteiger partial charge < -0.3 is 4.74 Å². The first kappa shape index (κ1) is 13.9. The maximum atomic E-state index is 13.6. The van der Waals surface area contributed by atoms with Gasteiger partial charge in [0.2, 0.25) is 0 Å². The van der Waals surface area contributed by atoms with E-state index in [-0.39, 0.29) is 12.4 Å². The summed E-state index contributed by atoms with van der Waals surface area (Å²) in [6.07, 6.45) is 0. The van der Waals surface area contributed by atoms with Crippen LogP contribution in [0.3, 0.4) is 0 Å². The van der Waals surface area contributed by atoms with Crippen molar-refractivity contribution < 1.29 is 9.13 Å². The monoisotopic (exact) mass is 278 g/mol. The largest absolute Gasteiger partial charge is 0.489 e. The molecule has 2 rings (SSSR count). The third-order valence-electron chi connectivity index (χ3n) is 2.99. The van der Waals surface area contributed by atoms with Gasteiger partial charge in [-0.3, -0.25) is 0 Å². The molecule has 0 saturated heterocycles. The van der Waals surface area contributed by atoms with Crippen molar-refractivity contribution in [1.82, 2.24) is 0 Å². The summed E-state index contributed by atoms with van der Waals surface area (Å²) in [5.74, 6) is 0.852. The predicted molar refractivity (Wildman–Crippen MR) is 76.3 cm³/mol. The van der Waals surface area contributed by atoms with Crippen LogP contribution in [-0.2, 0) is 6.61 Å². The summed E-state index contributed by atoms with van der Waals surface area (Å²) in [5.41, 5.74) is 1.63. The fourth-order valence-electron chi connectivity index (χ4n) is 1.77. The Kier molecular flexibility index (Phi) is 4.43. The van der Waals surface area contributed by atoms with E-state index in [1.807, 2.05) is 24.3 Å². The van der Waals surface area contributed by atoms with E-state index in [0.29, 0.717) is 22.3 Å². The quantitative estimate of drug-likeness (QED) is 0.748. The SMILES string of the molecule is CC(C)c1ccc(OCc2c(F)cccc2Cl)cc1. The third kappa shape index (κ3) is 3.48. The highest BCUT2D eigenvalue weighted by Gasteiger charge is 2.07. The average Bonchev–Trinajstić information content (AvgIpc) is 2.38. The molecule has 3 heteroatoms. The van der Waals surface area contributed by atoms with Crippen LogP contribution in [0.1, 0.15) is 30.9 Å². The van der Waals surface area contributed by atoms with Crippen LogP contribution in [-0.4, -0.2) is 0 Å². The van der Waals surface area contributed by atoms with Crippen molar-refractivity contribution in [2.24, 2.45) is 0 Å². The molecule has 0 radical (unpaired) electrons. The fraction of sp³-hybridized carbons (Fsp3) is 0.250. The highest BCUT2D eigenvalue weighted by Crippen LogP contribution is 2.23. The Hall–Kier alpha value is -1.54. The number of hydrogen-bond acceptors (Lipinski definition) is 1. The van der Waals surface area contributed by atoms with Crippen molar-refractivity contribution in [3.63, 3.8) is 0 Å². The predicted octanol–water partition coefficient (Wildman–Crippen LogP) is 5.18. The topological polar surface area (TPSA) is 9.23 Å². The van der Waals surface area contributed by atoms with Crippen molar-refractivity contribution in [2.75, 3.05) is 0 Å². The van der Waals surface area contributed by atoms with Crippen LogP contribution in [0.25, 0.3) is 0 Å². The van der Waals surface area contributed by atoms with E-state index in [1.54, 1.807) is 12.1 Å². The van der Waals surface area contributed by atoms with Crippen LogP contribution in [0.4, 0.5) is 4.39 Å². The number of benzene rings is 2. The van der Waals surface area contributed by atoms with Crippen molar-refractivity contribution in [1.29, 1.82) is 0 Å². The molecule has 19 heavy (non-hydrogen) atoms. The number of halogens is 2. The van der Waals surface area contributed by atoms with Gasteiger partial charge in [0.05, 0.1) is 5.02 Å². The molecule has 0 amide bonds. The Morgan fingerprint density at radius 2 is 1.79 bits per heavy atom. The Labute approximate surface area is 118 Å². The fourth-order valence-corrected chi connectivity index (χ4v) is 1.99. The number of ether oxygens (including phenoxy) is 1. The second kappa shape index (κ2) is 6.07. The Morgan fingerprint density at radius 3 is 2.37 bits per heavy atom. The number of rotatable bonds is 4. The first-order chi connectivity index (χ1) is 9.08. The van der Waals surface area contributed by atoms with Gasteiger partial charge >= 0.3 is 0 Å². The molecule has 0 spiro atoms. The van der Waals surface area contributed by atoms with E-state index in [0.717, 1.165) is 0 Å². The molecule has 0 unspecified atom stereocenters. The summed E-state index contributed by atoms with van der Waals surface area (Å²) in [6, 6.07) is 12.4. The Balaban J connectivity index is 2.06. The summed E-state index contributed by atoms with van der Waals surface area (Å²) in [6.45, 7) is 4.40. The minimum absolute atomic E-state index is 0.131.